The molecule has 94 valence electrons. The molecule has 0 radical (unpaired) electrons. The smallest absolute Gasteiger partial charge is 0.391 e. The lowest BCUT2D eigenvalue weighted by Gasteiger charge is -2.38. The third-order valence-corrected chi connectivity index (χ3v) is 3.83. The molecule has 2 rings (SSSR count). The predicted octanol–water partition coefficient (Wildman–Crippen LogP) is 2.17. The van der Waals surface area contributed by atoms with Gasteiger partial charge >= 0.3 is 6.18 Å². The molecule has 2 nitrogen and oxygen atoms in total. The third-order valence-electron chi connectivity index (χ3n) is 3.83. The molecule has 0 bridgehead atoms. The van der Waals surface area contributed by atoms with E-state index in [1.54, 1.807) is 0 Å². The van der Waals surface area contributed by atoms with Crippen molar-refractivity contribution in [2.75, 3.05) is 13.1 Å². The topological polar surface area (TPSA) is 23.5 Å². The number of hydrogen-bond acceptors (Lipinski definition) is 2. The van der Waals surface area contributed by atoms with Crippen molar-refractivity contribution in [3.05, 3.63) is 0 Å². The molecule has 2 fully saturated rings. The van der Waals surface area contributed by atoms with E-state index in [-0.39, 0.29) is 19.0 Å². The zero-order valence-electron chi connectivity index (χ0n) is 9.21. The Morgan fingerprint density at radius 2 is 1.81 bits per heavy atom. The predicted molar refractivity (Wildman–Crippen MR) is 54.0 cm³/mol. The molecule has 1 saturated heterocycles. The molecule has 1 saturated carbocycles. The minimum Gasteiger partial charge on any atom is -0.391 e. The number of piperidine rings is 1. The molecule has 0 spiro atoms. The Balaban J connectivity index is 1.96. The fourth-order valence-corrected chi connectivity index (χ4v) is 2.92. The maximum Gasteiger partial charge on any atom is 0.393 e. The van der Waals surface area contributed by atoms with E-state index in [0.29, 0.717) is 13.0 Å². The molecule has 3 atom stereocenters. The van der Waals surface area contributed by atoms with Gasteiger partial charge in [-0.3, -0.25) is 4.90 Å². The summed E-state index contributed by atoms with van der Waals surface area (Å²) in [7, 11) is 0. The molecule has 1 aliphatic heterocycles. The highest BCUT2D eigenvalue weighted by molar-refractivity contribution is 4.89. The van der Waals surface area contributed by atoms with Gasteiger partial charge in [0.1, 0.15) is 0 Å². The van der Waals surface area contributed by atoms with Gasteiger partial charge < -0.3 is 5.11 Å². The molecule has 1 N–H and O–H groups in total. The maximum absolute atomic E-state index is 12.6. The van der Waals surface area contributed by atoms with Crippen LogP contribution in [0.2, 0.25) is 0 Å². The van der Waals surface area contributed by atoms with Gasteiger partial charge in [-0.25, -0.2) is 0 Å². The molecule has 0 aromatic carbocycles. The second kappa shape index (κ2) is 4.53. The van der Waals surface area contributed by atoms with Crippen LogP contribution in [0.3, 0.4) is 0 Å². The van der Waals surface area contributed by atoms with Crippen LogP contribution < -0.4 is 0 Å². The third kappa shape index (κ3) is 2.51. The van der Waals surface area contributed by atoms with Crippen molar-refractivity contribution in [1.82, 2.24) is 4.90 Å². The van der Waals surface area contributed by atoms with Crippen molar-refractivity contribution in [2.24, 2.45) is 5.92 Å². The summed E-state index contributed by atoms with van der Waals surface area (Å²) >= 11 is 0. The van der Waals surface area contributed by atoms with Gasteiger partial charge in [0.25, 0.3) is 0 Å². The zero-order chi connectivity index (χ0) is 11.8. The number of hydrogen-bond donors (Lipinski definition) is 1. The molecule has 2 aliphatic rings. The molecule has 0 aromatic rings. The molecular formula is C11H18F3NO. The summed E-state index contributed by atoms with van der Waals surface area (Å²) in [6.07, 6.45) is -1.17. The average molecular weight is 237 g/mol. The van der Waals surface area contributed by atoms with Crippen molar-refractivity contribution in [1.29, 1.82) is 0 Å². The Morgan fingerprint density at radius 1 is 1.06 bits per heavy atom. The van der Waals surface area contributed by atoms with Gasteiger partial charge in [-0.15, -0.1) is 0 Å². The number of aliphatic hydroxyl groups excluding tert-OH is 1. The minimum atomic E-state index is -4.08. The number of likely N-dealkylation sites (tertiary alicyclic amines) is 1. The molecule has 1 heterocycles. The molecule has 0 aromatic heterocycles. The van der Waals surface area contributed by atoms with E-state index in [2.05, 4.69) is 0 Å². The fraction of sp³-hybridized carbons (Fsp3) is 1.00. The first kappa shape index (κ1) is 12.2. The summed E-state index contributed by atoms with van der Waals surface area (Å²) in [5.41, 5.74) is 0. The van der Waals surface area contributed by atoms with E-state index in [1.165, 1.54) is 0 Å². The largest absolute Gasteiger partial charge is 0.393 e. The lowest BCUT2D eigenvalue weighted by Crippen LogP contribution is -2.49. The van der Waals surface area contributed by atoms with E-state index in [1.807, 2.05) is 4.90 Å². The van der Waals surface area contributed by atoms with E-state index in [0.717, 1.165) is 19.3 Å². The summed E-state index contributed by atoms with van der Waals surface area (Å²) < 4.78 is 37.8. The van der Waals surface area contributed by atoms with Crippen LogP contribution in [0.5, 0.6) is 0 Å². The van der Waals surface area contributed by atoms with Crippen LogP contribution in [0.15, 0.2) is 0 Å². The first-order valence-electron chi connectivity index (χ1n) is 5.97. The van der Waals surface area contributed by atoms with Crippen molar-refractivity contribution in [3.63, 3.8) is 0 Å². The zero-order valence-corrected chi connectivity index (χ0v) is 9.21. The summed E-state index contributed by atoms with van der Waals surface area (Å²) in [6, 6.07) is -0.0369. The van der Waals surface area contributed by atoms with Crippen LogP contribution in [0.1, 0.15) is 32.1 Å². The van der Waals surface area contributed by atoms with Gasteiger partial charge in [0.05, 0.1) is 12.0 Å². The van der Waals surface area contributed by atoms with Crippen LogP contribution in [0.4, 0.5) is 13.2 Å². The number of alkyl halides is 3. The normalized spacial score (nSPS) is 37.9. The number of aliphatic hydroxyl groups is 1. The number of rotatable bonds is 1. The van der Waals surface area contributed by atoms with Gasteiger partial charge in [0.15, 0.2) is 0 Å². The molecule has 1 unspecified atom stereocenters. The van der Waals surface area contributed by atoms with Gasteiger partial charge in [0.2, 0.25) is 0 Å². The Labute approximate surface area is 93.4 Å². The van der Waals surface area contributed by atoms with Crippen molar-refractivity contribution in [2.45, 2.75) is 50.4 Å². The highest BCUT2D eigenvalue weighted by Gasteiger charge is 2.44. The molecular weight excluding hydrogens is 219 g/mol. The number of halogens is 3. The monoisotopic (exact) mass is 237 g/mol. The summed E-state index contributed by atoms with van der Waals surface area (Å²) in [4.78, 5) is 1.85. The van der Waals surface area contributed by atoms with E-state index in [4.69, 9.17) is 0 Å². The van der Waals surface area contributed by atoms with Crippen LogP contribution >= 0.6 is 0 Å². The molecule has 0 amide bonds. The van der Waals surface area contributed by atoms with Crippen LogP contribution in [0.25, 0.3) is 0 Å². The first-order valence-corrected chi connectivity index (χ1v) is 5.97. The standard InChI is InChI=1S/C11H18F3NO/c12-11(13,14)8-3-2-6-15(7-8)9-4-1-5-10(9)16/h8-10,16H,1-7H2/t8?,9-,10-/m0/s1. The van der Waals surface area contributed by atoms with Gasteiger partial charge in [-0.05, 0) is 38.6 Å². The Hall–Kier alpha value is -0.290. The molecule has 5 heteroatoms. The summed E-state index contributed by atoms with van der Waals surface area (Å²) in [6.45, 7) is 0.777. The second-order valence-corrected chi connectivity index (χ2v) is 4.94. The maximum atomic E-state index is 12.6. The van der Waals surface area contributed by atoms with Crippen LogP contribution in [0, 0.1) is 5.92 Å². The highest BCUT2D eigenvalue weighted by atomic mass is 19.4. The van der Waals surface area contributed by atoms with Crippen molar-refractivity contribution >= 4 is 0 Å². The average Bonchev–Trinajstić information content (AvgIpc) is 2.63. The summed E-state index contributed by atoms with van der Waals surface area (Å²) in [5, 5.41) is 9.71. The Bertz CT molecular complexity index is 244. The Kier molecular flexibility index (Phi) is 3.45. The first-order chi connectivity index (χ1) is 7.48. The van der Waals surface area contributed by atoms with E-state index >= 15 is 0 Å². The van der Waals surface area contributed by atoms with Gasteiger partial charge in [-0.2, -0.15) is 13.2 Å². The van der Waals surface area contributed by atoms with E-state index < -0.39 is 18.2 Å². The lowest BCUT2D eigenvalue weighted by molar-refractivity contribution is -0.189. The van der Waals surface area contributed by atoms with Crippen LogP contribution in [-0.4, -0.2) is 41.4 Å². The Morgan fingerprint density at radius 3 is 2.38 bits per heavy atom. The van der Waals surface area contributed by atoms with Gasteiger partial charge in [0, 0.05) is 12.6 Å². The van der Waals surface area contributed by atoms with Crippen molar-refractivity contribution < 1.29 is 18.3 Å². The summed E-state index contributed by atoms with van der Waals surface area (Å²) in [5.74, 6) is -1.20. The van der Waals surface area contributed by atoms with Crippen molar-refractivity contribution in [3.8, 4) is 0 Å². The highest BCUT2D eigenvalue weighted by Crippen LogP contribution is 2.35. The van der Waals surface area contributed by atoms with Crippen LogP contribution in [-0.2, 0) is 0 Å². The minimum absolute atomic E-state index is 0.0369. The molecule has 1 aliphatic carbocycles. The number of nitrogens with zero attached hydrogens (tertiary/aromatic N) is 1. The fourth-order valence-electron chi connectivity index (χ4n) is 2.92. The SMILES string of the molecule is O[C@H]1CCC[C@@H]1N1CCCC(C(F)(F)F)C1. The quantitative estimate of drug-likeness (QED) is 0.755. The lowest BCUT2D eigenvalue weighted by atomic mass is 9.95. The second-order valence-electron chi connectivity index (χ2n) is 4.94. The van der Waals surface area contributed by atoms with E-state index in [9.17, 15) is 18.3 Å². The molecule has 16 heavy (non-hydrogen) atoms. The van der Waals surface area contributed by atoms with Gasteiger partial charge in [-0.1, -0.05) is 0 Å².